The number of anilines is 2. The van der Waals surface area contributed by atoms with Crippen LogP contribution in [0.1, 0.15) is 66.4 Å². The molecule has 0 spiro atoms. The van der Waals surface area contributed by atoms with Crippen LogP contribution in [0.4, 0.5) is 11.4 Å². The molecule has 0 aliphatic heterocycles. The van der Waals surface area contributed by atoms with Crippen LogP contribution >= 0.6 is 0 Å². The molecule has 0 aliphatic carbocycles. The zero-order valence-electron chi connectivity index (χ0n) is 37.0. The second-order valence-corrected chi connectivity index (χ2v) is 15.8. The van der Waals surface area contributed by atoms with Crippen LogP contribution in [0.2, 0.25) is 0 Å². The Morgan fingerprint density at radius 1 is 0.391 bits per heavy atom. The van der Waals surface area contributed by atoms with E-state index in [4.69, 9.17) is 30.4 Å². The van der Waals surface area contributed by atoms with Crippen LogP contribution in [0.5, 0.6) is 46.0 Å². The van der Waals surface area contributed by atoms with Gasteiger partial charge in [0.1, 0.15) is 45.6 Å². The average molecular weight is 925 g/mol. The van der Waals surface area contributed by atoms with Crippen molar-refractivity contribution in [1.29, 1.82) is 0 Å². The number of ether oxygens (including phenoxy) is 4. The number of rotatable bonds is 15. The normalized spacial score (nSPS) is 10.8. The summed E-state index contributed by atoms with van der Waals surface area (Å²) in [5.74, 6) is -1.80. The smallest absolute Gasteiger partial charge is 0.339 e. The van der Waals surface area contributed by atoms with E-state index >= 15 is 0 Å². The number of carboxylic acid groups (broad SMARTS) is 4. The van der Waals surface area contributed by atoms with Gasteiger partial charge in [0.15, 0.2) is 11.5 Å². The fraction of sp³-hybridized carbons (Fsp3) is 0.0545. The molecule has 14 nitrogen and oxygen atoms in total. The molecule has 0 fully saturated rings. The van der Waals surface area contributed by atoms with Crippen molar-refractivity contribution in [2.45, 2.75) is 19.3 Å². The van der Waals surface area contributed by atoms with E-state index in [1.54, 1.807) is 60.7 Å². The molecule has 69 heavy (non-hydrogen) atoms. The van der Waals surface area contributed by atoms with Gasteiger partial charge in [-0.2, -0.15) is 0 Å². The summed E-state index contributed by atoms with van der Waals surface area (Å²) in [5, 5.41) is 37.6. The maximum atomic E-state index is 11.7. The lowest BCUT2D eigenvalue weighted by Gasteiger charge is -2.26. The number of nitrogens with two attached hydrogens (primary N) is 2. The van der Waals surface area contributed by atoms with Crippen molar-refractivity contribution in [2.75, 3.05) is 11.5 Å². The minimum atomic E-state index is -1.13. The highest BCUT2D eigenvalue weighted by Crippen LogP contribution is 2.44. The molecule has 0 saturated carbocycles. The van der Waals surface area contributed by atoms with Crippen LogP contribution in [0.3, 0.4) is 0 Å². The minimum absolute atomic E-state index is 0.00509. The summed E-state index contributed by atoms with van der Waals surface area (Å²) in [5.41, 5.74) is 15.0. The largest absolute Gasteiger partial charge is 0.478 e. The molecule has 0 aromatic heterocycles. The van der Waals surface area contributed by atoms with Gasteiger partial charge in [-0.15, -0.1) is 0 Å². The molecule has 346 valence electrons. The molecule has 0 heterocycles. The van der Waals surface area contributed by atoms with Crippen molar-refractivity contribution in [3.63, 3.8) is 0 Å². The summed E-state index contributed by atoms with van der Waals surface area (Å²) in [6.45, 7) is 4.19. The molecule has 14 heteroatoms. The summed E-state index contributed by atoms with van der Waals surface area (Å²) in [6, 6.07) is 51.4. The van der Waals surface area contributed by atoms with Crippen LogP contribution in [0.15, 0.2) is 182 Å². The number of benzene rings is 8. The number of aromatic carboxylic acids is 4. The Kier molecular flexibility index (Phi) is 14.2. The number of carbonyl (C=O) groups is 4. The van der Waals surface area contributed by atoms with Gasteiger partial charge in [0.2, 0.25) is 0 Å². The first-order valence-electron chi connectivity index (χ1n) is 21.1. The standard InChI is InChI=1S/C29H26N2O6.C26H18O6/c1-29(2,17-3-7-19(8-4-17)36-21-11-13-25(30)23(15-21)27(32)33)18-5-9-20(10-6-18)37-22-12-14-26(31)24(16-22)28(34)35;27-25(28)19-11-4-6-14-21(19)31-23-16-8-13-18(17-9-2-1-3-10-17)24(23)32-22-15-7-5-12-20(22)26(29)30/h3-16H,30-31H2,1-2H3,(H,32,33)(H,34,35);1-16H,(H,27,28)(H,29,30). The Morgan fingerprint density at radius 3 is 1.23 bits per heavy atom. The molecular formula is C55H44N2O12. The fourth-order valence-electron chi connectivity index (χ4n) is 7.13. The molecule has 8 N–H and O–H groups in total. The summed E-state index contributed by atoms with van der Waals surface area (Å²) in [6.07, 6.45) is 0. The van der Waals surface area contributed by atoms with E-state index < -0.39 is 23.9 Å². The second-order valence-electron chi connectivity index (χ2n) is 15.8. The molecule has 8 aromatic rings. The van der Waals surface area contributed by atoms with Crippen LogP contribution in [-0.2, 0) is 5.41 Å². The topological polar surface area (TPSA) is 238 Å². The molecule has 0 bridgehead atoms. The molecule has 0 aliphatic rings. The van der Waals surface area contributed by atoms with Crippen molar-refractivity contribution in [2.24, 2.45) is 0 Å². The Labute approximate surface area is 395 Å². The summed E-state index contributed by atoms with van der Waals surface area (Å²) < 4.78 is 23.7. The summed E-state index contributed by atoms with van der Waals surface area (Å²) in [7, 11) is 0. The highest BCUT2D eigenvalue weighted by atomic mass is 16.5. The van der Waals surface area contributed by atoms with Crippen molar-refractivity contribution < 1.29 is 58.6 Å². The fourth-order valence-corrected chi connectivity index (χ4v) is 7.13. The van der Waals surface area contributed by atoms with E-state index in [2.05, 4.69) is 13.8 Å². The molecule has 0 radical (unpaired) electrons. The van der Waals surface area contributed by atoms with Gasteiger partial charge in [-0.25, -0.2) is 19.2 Å². The monoisotopic (exact) mass is 924 g/mol. The van der Waals surface area contributed by atoms with Gasteiger partial charge in [-0.05, 0) is 108 Å². The number of carboxylic acids is 4. The Bertz CT molecular complexity index is 3060. The number of hydrogen-bond donors (Lipinski definition) is 6. The van der Waals surface area contributed by atoms with Gasteiger partial charge >= 0.3 is 23.9 Å². The molecule has 0 unspecified atom stereocenters. The quantitative estimate of drug-likeness (QED) is 0.0525. The van der Waals surface area contributed by atoms with Gasteiger partial charge < -0.3 is 50.8 Å². The maximum Gasteiger partial charge on any atom is 0.339 e. The lowest BCUT2D eigenvalue weighted by Crippen LogP contribution is -2.18. The van der Waals surface area contributed by atoms with Gasteiger partial charge in [-0.1, -0.05) is 105 Å². The maximum absolute atomic E-state index is 11.7. The first-order valence-corrected chi connectivity index (χ1v) is 21.1. The predicted molar refractivity (Wildman–Crippen MR) is 260 cm³/mol. The van der Waals surface area contributed by atoms with Gasteiger partial charge in [0, 0.05) is 22.4 Å². The van der Waals surface area contributed by atoms with E-state index in [1.165, 1.54) is 36.4 Å². The predicted octanol–water partition coefficient (Wildman–Crippen LogP) is 12.5. The second kappa shape index (κ2) is 20.7. The third kappa shape index (κ3) is 11.3. The molecule has 0 amide bonds. The van der Waals surface area contributed by atoms with Crippen molar-refractivity contribution in [3.05, 3.63) is 215 Å². The molecular weight excluding hydrogens is 881 g/mol. The molecule has 0 saturated heterocycles. The van der Waals surface area contributed by atoms with E-state index in [-0.39, 0.29) is 62.0 Å². The number of nitrogen functional groups attached to an aromatic ring is 2. The van der Waals surface area contributed by atoms with Crippen LogP contribution in [0, 0.1) is 0 Å². The third-order valence-electron chi connectivity index (χ3n) is 10.9. The zero-order chi connectivity index (χ0) is 49.2. The summed E-state index contributed by atoms with van der Waals surface area (Å²) in [4.78, 5) is 45.9. The van der Waals surface area contributed by atoms with Gasteiger partial charge in [0.25, 0.3) is 0 Å². The van der Waals surface area contributed by atoms with Crippen LogP contribution in [0.25, 0.3) is 11.1 Å². The SMILES string of the molecule is CC(C)(c1ccc(Oc2ccc(N)c(C(=O)O)c2)cc1)c1ccc(Oc2ccc(N)c(C(=O)O)c2)cc1.O=C(O)c1ccccc1Oc1cccc(-c2ccccc2)c1Oc1ccccc1C(=O)O. The van der Waals surface area contributed by atoms with Crippen molar-refractivity contribution in [1.82, 2.24) is 0 Å². The lowest BCUT2D eigenvalue weighted by atomic mass is 9.78. The molecule has 8 aromatic carbocycles. The van der Waals surface area contributed by atoms with Crippen molar-refractivity contribution in [3.8, 4) is 57.1 Å². The van der Waals surface area contributed by atoms with Crippen LogP contribution < -0.4 is 30.4 Å². The lowest BCUT2D eigenvalue weighted by molar-refractivity contribution is 0.0682. The minimum Gasteiger partial charge on any atom is -0.478 e. The average Bonchev–Trinajstić information content (AvgIpc) is 3.34. The Hall–Kier alpha value is -9.56. The highest BCUT2D eigenvalue weighted by Gasteiger charge is 2.24. The zero-order valence-corrected chi connectivity index (χ0v) is 37.0. The number of hydrogen-bond acceptors (Lipinski definition) is 10. The molecule has 8 rings (SSSR count). The first kappa shape index (κ1) is 47.4. The van der Waals surface area contributed by atoms with E-state index in [0.29, 0.717) is 28.6 Å². The van der Waals surface area contributed by atoms with Gasteiger partial charge in [0.05, 0.1) is 11.1 Å². The third-order valence-corrected chi connectivity index (χ3v) is 10.9. The van der Waals surface area contributed by atoms with Crippen LogP contribution in [-0.4, -0.2) is 44.3 Å². The van der Waals surface area contributed by atoms with Crippen molar-refractivity contribution >= 4 is 35.3 Å². The van der Waals surface area contributed by atoms with E-state index in [9.17, 15) is 39.6 Å². The summed E-state index contributed by atoms with van der Waals surface area (Å²) >= 11 is 0. The first-order chi connectivity index (χ1) is 33.1. The van der Waals surface area contributed by atoms with E-state index in [0.717, 1.165) is 16.7 Å². The Morgan fingerprint density at radius 2 is 0.783 bits per heavy atom. The Balaban J connectivity index is 0.000000206. The number of para-hydroxylation sites is 3. The highest BCUT2D eigenvalue weighted by molar-refractivity contribution is 5.95. The molecule has 0 atom stereocenters. The van der Waals surface area contributed by atoms with E-state index in [1.807, 2.05) is 84.9 Å². The van der Waals surface area contributed by atoms with Gasteiger partial charge in [-0.3, -0.25) is 0 Å².